The summed E-state index contributed by atoms with van der Waals surface area (Å²) < 4.78 is 28.7. The van der Waals surface area contributed by atoms with E-state index in [4.69, 9.17) is 0 Å². The van der Waals surface area contributed by atoms with E-state index in [2.05, 4.69) is 18.6 Å². The lowest BCUT2D eigenvalue weighted by Crippen LogP contribution is -2.65. The van der Waals surface area contributed by atoms with Crippen molar-refractivity contribution in [2.75, 3.05) is 20.1 Å². The molecule has 0 bridgehead atoms. The van der Waals surface area contributed by atoms with Gasteiger partial charge in [-0.15, -0.1) is 11.3 Å². The molecule has 7 heteroatoms. The van der Waals surface area contributed by atoms with Crippen molar-refractivity contribution in [3.05, 3.63) is 22.7 Å². The van der Waals surface area contributed by atoms with Crippen LogP contribution in [0.4, 0.5) is 0 Å². The van der Waals surface area contributed by atoms with E-state index in [0.29, 0.717) is 34.4 Å². The molecule has 1 aliphatic heterocycles. The maximum Gasteiger partial charge on any atom is 0.250 e. The number of hydrogen-bond donors (Lipinski definition) is 1. The maximum atomic E-state index is 13.3. The van der Waals surface area contributed by atoms with Gasteiger partial charge in [-0.1, -0.05) is 19.9 Å². The van der Waals surface area contributed by atoms with Crippen molar-refractivity contribution in [3.63, 3.8) is 0 Å². The first-order valence-corrected chi connectivity index (χ1v) is 14.5. The standard InChI is InChI=1S/C24H38N2O3S2/c1-23-13-11-20-18(8-10-21-24(20,2)12-5-14-26(21,3)27)19(23)9-7-17(23)16-25-31(28,29)22-6-4-15-30-22/h4,6,15,17-21,25H,5,7-14,16H2,1-3H3/t17?,18-,19-,20+,21?,23+,24+,26?/m0/s1. The third-order valence-corrected chi connectivity index (χ3v) is 13.1. The SMILES string of the molecule is C[C@]12CCC[N+](C)([O-])C1CC[C@@H]1[C@H]2CC[C@]2(C)C(CNS(=O)(=O)c3cccs3)CC[C@@H]12. The molecule has 4 aliphatic rings. The minimum absolute atomic E-state index is 0.0330. The van der Waals surface area contributed by atoms with Crippen LogP contribution in [0, 0.1) is 39.7 Å². The predicted octanol–water partition coefficient (Wildman–Crippen LogP) is 4.99. The van der Waals surface area contributed by atoms with Gasteiger partial charge < -0.3 is 9.85 Å². The van der Waals surface area contributed by atoms with Crippen molar-refractivity contribution in [2.45, 2.75) is 75.5 Å². The molecule has 3 aliphatic carbocycles. The number of rotatable bonds is 4. The summed E-state index contributed by atoms with van der Waals surface area (Å²) in [7, 11) is -1.48. The van der Waals surface area contributed by atoms with Gasteiger partial charge in [-0.25, -0.2) is 13.1 Å². The highest BCUT2D eigenvalue weighted by Gasteiger charge is 2.62. The second kappa shape index (κ2) is 7.52. The van der Waals surface area contributed by atoms with Crippen molar-refractivity contribution in [2.24, 2.45) is 34.5 Å². The average Bonchev–Trinajstić information content (AvgIpc) is 3.34. The van der Waals surface area contributed by atoms with Gasteiger partial charge >= 0.3 is 0 Å². The maximum absolute atomic E-state index is 13.3. The number of quaternary nitrogens is 1. The van der Waals surface area contributed by atoms with Crippen LogP contribution in [0.2, 0.25) is 0 Å². The lowest BCUT2D eigenvalue weighted by Gasteiger charge is -2.65. The third kappa shape index (κ3) is 3.45. The molecule has 4 fully saturated rings. The van der Waals surface area contributed by atoms with Crippen LogP contribution in [0.5, 0.6) is 0 Å². The summed E-state index contributed by atoms with van der Waals surface area (Å²) in [6.07, 6.45) is 9.25. The fraction of sp³-hybridized carbons (Fsp3) is 0.833. The van der Waals surface area contributed by atoms with Gasteiger partial charge in [0.1, 0.15) is 4.21 Å². The summed E-state index contributed by atoms with van der Waals surface area (Å²) >= 11 is 1.28. The summed E-state index contributed by atoms with van der Waals surface area (Å²) in [5.74, 6) is 2.45. The van der Waals surface area contributed by atoms with Crippen molar-refractivity contribution in [3.8, 4) is 0 Å². The Kier molecular flexibility index (Phi) is 5.42. The molecule has 1 saturated heterocycles. The number of hydrogen-bond acceptors (Lipinski definition) is 4. The van der Waals surface area contributed by atoms with Gasteiger partial charge in [-0.3, -0.25) is 0 Å². The van der Waals surface area contributed by atoms with E-state index in [1.807, 2.05) is 12.4 Å². The zero-order valence-corrected chi connectivity index (χ0v) is 20.8. The van der Waals surface area contributed by atoms with Crippen LogP contribution in [0.3, 0.4) is 0 Å². The molecule has 0 radical (unpaired) electrons. The number of sulfonamides is 1. The van der Waals surface area contributed by atoms with Gasteiger partial charge in [-0.05, 0) is 85.5 Å². The lowest BCUT2D eigenvalue weighted by molar-refractivity contribution is -0.903. The molecule has 5 nitrogen and oxygen atoms in total. The minimum Gasteiger partial charge on any atom is -0.633 e. The number of nitrogens with zero attached hydrogens (tertiary/aromatic N) is 1. The molecule has 1 aromatic heterocycles. The molecule has 0 spiro atoms. The molecule has 0 aromatic carbocycles. The third-order valence-electron chi connectivity index (χ3n) is 10.3. The highest BCUT2D eigenvalue weighted by molar-refractivity contribution is 7.91. The molecule has 3 unspecified atom stereocenters. The van der Waals surface area contributed by atoms with Gasteiger partial charge in [0.2, 0.25) is 10.0 Å². The van der Waals surface area contributed by atoms with E-state index >= 15 is 0 Å². The van der Waals surface area contributed by atoms with Gasteiger partial charge in [-0.2, -0.15) is 0 Å². The monoisotopic (exact) mass is 466 g/mol. The van der Waals surface area contributed by atoms with E-state index in [1.54, 1.807) is 12.1 Å². The Bertz CT molecular complexity index is 915. The smallest absolute Gasteiger partial charge is 0.250 e. The van der Waals surface area contributed by atoms with Crippen LogP contribution in [-0.2, 0) is 10.0 Å². The number of fused-ring (bicyclic) bond motifs is 5. The molecule has 1 N–H and O–H groups in total. The summed E-state index contributed by atoms with van der Waals surface area (Å²) in [6.45, 7) is 6.21. The molecule has 3 saturated carbocycles. The normalized spacial score (nSPS) is 47.4. The predicted molar refractivity (Wildman–Crippen MR) is 125 cm³/mol. The van der Waals surface area contributed by atoms with Crippen LogP contribution < -0.4 is 4.72 Å². The number of hydroxylamine groups is 3. The summed E-state index contributed by atoms with van der Waals surface area (Å²) in [4.78, 5) is 0. The van der Waals surface area contributed by atoms with Gasteiger partial charge in [0.25, 0.3) is 0 Å². The molecule has 8 atom stereocenters. The fourth-order valence-electron chi connectivity index (χ4n) is 8.76. The van der Waals surface area contributed by atoms with Crippen molar-refractivity contribution in [1.82, 2.24) is 4.72 Å². The first-order valence-electron chi connectivity index (χ1n) is 12.2. The zero-order chi connectivity index (χ0) is 22.1. The molecular weight excluding hydrogens is 428 g/mol. The molecule has 5 rings (SSSR count). The Hall–Kier alpha value is -0.470. The summed E-state index contributed by atoms with van der Waals surface area (Å²) in [5.41, 5.74) is 0.393. The molecule has 2 heterocycles. The molecule has 0 amide bonds. The Labute approximate surface area is 191 Å². The number of likely N-dealkylation sites (tertiary alicyclic amines) is 1. The Balaban J connectivity index is 1.33. The second-order valence-electron chi connectivity index (χ2n) is 11.6. The summed E-state index contributed by atoms with van der Waals surface area (Å²) in [6, 6.07) is 3.74. The largest absolute Gasteiger partial charge is 0.633 e. The fourth-order valence-corrected chi connectivity index (χ4v) is 10.9. The first kappa shape index (κ1) is 22.3. The van der Waals surface area contributed by atoms with E-state index in [1.165, 1.54) is 43.4 Å². The van der Waals surface area contributed by atoms with E-state index in [9.17, 15) is 13.6 Å². The van der Waals surface area contributed by atoms with Crippen molar-refractivity contribution < 1.29 is 13.1 Å². The van der Waals surface area contributed by atoms with Crippen LogP contribution in [0.25, 0.3) is 0 Å². The first-order chi connectivity index (χ1) is 14.6. The van der Waals surface area contributed by atoms with Crippen molar-refractivity contribution in [1.29, 1.82) is 0 Å². The Morgan fingerprint density at radius 1 is 1.13 bits per heavy atom. The minimum atomic E-state index is -3.40. The van der Waals surface area contributed by atoms with Crippen LogP contribution in [0.15, 0.2) is 21.7 Å². The van der Waals surface area contributed by atoms with Crippen LogP contribution in [0.1, 0.15) is 65.2 Å². The molecule has 174 valence electrons. The number of nitrogens with one attached hydrogen (secondary N) is 1. The zero-order valence-electron chi connectivity index (χ0n) is 19.2. The summed E-state index contributed by atoms with van der Waals surface area (Å²) in [5, 5.41) is 15.1. The van der Waals surface area contributed by atoms with Gasteiger partial charge in [0.15, 0.2) is 0 Å². The number of piperidine rings is 1. The van der Waals surface area contributed by atoms with Gasteiger partial charge in [0, 0.05) is 18.4 Å². The van der Waals surface area contributed by atoms with Crippen LogP contribution >= 0.6 is 11.3 Å². The Morgan fingerprint density at radius 2 is 1.90 bits per heavy atom. The topological polar surface area (TPSA) is 69.2 Å². The second-order valence-corrected chi connectivity index (χ2v) is 14.5. The van der Waals surface area contributed by atoms with Gasteiger partial charge in [0.05, 0.1) is 19.6 Å². The molecule has 1 aromatic rings. The van der Waals surface area contributed by atoms with E-state index in [-0.39, 0.29) is 21.5 Å². The molecular formula is C24H38N2O3S2. The van der Waals surface area contributed by atoms with E-state index < -0.39 is 10.0 Å². The highest BCUT2D eigenvalue weighted by Crippen LogP contribution is 2.66. The van der Waals surface area contributed by atoms with E-state index in [0.717, 1.165) is 25.8 Å². The average molecular weight is 467 g/mol. The highest BCUT2D eigenvalue weighted by atomic mass is 32.2. The lowest BCUT2D eigenvalue weighted by atomic mass is 9.47. The van der Waals surface area contributed by atoms with Crippen molar-refractivity contribution >= 4 is 21.4 Å². The number of thiophene rings is 1. The molecule has 31 heavy (non-hydrogen) atoms. The quantitative estimate of drug-likeness (QED) is 0.502. The van der Waals surface area contributed by atoms with Crippen LogP contribution in [-0.4, -0.2) is 39.2 Å². The Morgan fingerprint density at radius 3 is 2.65 bits per heavy atom.